The van der Waals surface area contributed by atoms with Gasteiger partial charge in [0.2, 0.25) is 0 Å². The van der Waals surface area contributed by atoms with Crippen LogP contribution in [-0.2, 0) is 33.5 Å². The molecule has 0 amide bonds. The van der Waals surface area contributed by atoms with E-state index in [1.807, 2.05) is 34.6 Å². The predicted octanol–water partition coefficient (Wildman–Crippen LogP) is 27.2. The summed E-state index contributed by atoms with van der Waals surface area (Å²) in [5.74, 6) is 18.6. The third kappa shape index (κ3) is 17.4. The summed E-state index contributed by atoms with van der Waals surface area (Å²) < 4.78 is 5.92. The van der Waals surface area contributed by atoms with E-state index in [0.717, 1.165) is 230 Å². The summed E-state index contributed by atoms with van der Waals surface area (Å²) in [5.41, 5.74) is 0.808. The Kier molecular flexibility index (Phi) is 28.8. The first-order valence-electron chi connectivity index (χ1n) is 56.9. The van der Waals surface area contributed by atoms with Gasteiger partial charge in [0.05, 0.1) is 34.6 Å². The summed E-state index contributed by atoms with van der Waals surface area (Å²) >= 11 is 0. The summed E-state index contributed by atoms with van der Waals surface area (Å²) in [6.07, 6.45) is 60.2. The lowest BCUT2D eigenvalue weighted by Crippen LogP contribution is -2.58. The van der Waals surface area contributed by atoms with Crippen molar-refractivity contribution in [2.24, 2.45) is 202 Å². The number of Topliss-reactive ketones (excluding diaryl/α,β-unsaturated/α-hetero) is 5. The van der Waals surface area contributed by atoms with Crippen molar-refractivity contribution in [2.75, 3.05) is 6.61 Å². The molecule has 20 aliphatic rings. The van der Waals surface area contributed by atoms with Crippen LogP contribution in [-0.4, -0.2) is 95.0 Å². The van der Waals surface area contributed by atoms with E-state index >= 15 is 0 Å². The molecule has 744 valence electrons. The molecule has 0 bridgehead atoms. The monoisotopic (exact) mass is 1820 g/mol. The van der Waals surface area contributed by atoms with Crippen LogP contribution < -0.4 is 0 Å². The summed E-state index contributed by atoms with van der Waals surface area (Å²) in [7, 11) is 0. The van der Waals surface area contributed by atoms with Crippen molar-refractivity contribution < 1.29 is 59.0 Å². The molecule has 20 fully saturated rings. The Morgan fingerprint density at radius 2 is 0.466 bits per heavy atom. The van der Waals surface area contributed by atoms with Gasteiger partial charge in [-0.1, -0.05) is 76.2 Å². The zero-order valence-corrected chi connectivity index (χ0v) is 87.5. The maximum absolute atomic E-state index is 12.6. The van der Waals surface area contributed by atoms with Crippen LogP contribution >= 0.6 is 0 Å². The largest absolute Gasteiger partial charge is 0.465 e. The normalized spacial score (nSPS) is 53.1. The molecular formula is C119H196O12. The van der Waals surface area contributed by atoms with E-state index in [1.54, 1.807) is 6.92 Å². The molecule has 0 aliphatic heterocycles. The van der Waals surface area contributed by atoms with Gasteiger partial charge in [-0.3, -0.25) is 28.8 Å². The molecule has 0 unspecified atom stereocenters. The highest BCUT2D eigenvalue weighted by atomic mass is 16.5. The highest BCUT2D eigenvalue weighted by Gasteiger charge is 2.70. The standard InChI is InChI=1S/C26H42O4.C24H40O2.3C23H38O2/c1-5-6-23(28)30-16-26-14-13-24(3,29)15-18(26)7-8-19-21-10-9-20(17(2)27)25(21,4)12-11-22(19)26;1-5-21(25)20-10-9-18-17-8-7-16-15-22(3,26)13-14-24(16,6-2)19(17)11-12-23(18,20)4;3*1-5-23-13-12-21(3,25)14-16(23)6-7-17-19-9-8-18(15(2)24)22(19,4)11-10-20(17)23/h18-22,29H,5-16H2,1-4H3;16-20,26H,5-15H2,1-4H3;3*16-20,25H,5-14H2,1-4H3/t18-,19-,20+,21-,22-,24+,25+,26+;16-,17-,18-,19-,20+,22+,23-,24-;3*16-,17-,18+,19-,20-,21+,22+,23-/m00000/s1. The van der Waals surface area contributed by atoms with Crippen molar-refractivity contribution in [2.45, 2.75) is 500 Å². The van der Waals surface area contributed by atoms with Crippen LogP contribution in [0, 0.1) is 202 Å². The molecule has 0 aromatic carbocycles. The number of fused-ring (bicyclic) bond motifs is 25. The van der Waals surface area contributed by atoms with Crippen LogP contribution in [0.1, 0.15) is 472 Å². The lowest BCUT2D eigenvalue weighted by molar-refractivity contribution is -0.185. The molecule has 5 N–H and O–H groups in total. The molecule has 20 rings (SSSR count). The van der Waals surface area contributed by atoms with Crippen LogP contribution in [0.15, 0.2) is 0 Å². The molecule has 0 spiro atoms. The van der Waals surface area contributed by atoms with E-state index < -0.39 is 28.0 Å². The number of rotatable bonds is 14. The number of carbonyl (C=O) groups excluding carboxylic acids is 6. The average Bonchev–Trinajstić information content (AvgIpc) is 1.70. The average molecular weight is 1820 g/mol. The number of ketones is 5. The fourth-order valence-corrected chi connectivity index (χ4v) is 43.2. The lowest BCUT2D eigenvalue weighted by atomic mass is 9.42. The molecule has 0 saturated heterocycles. The Bertz CT molecular complexity index is 3860. The van der Waals surface area contributed by atoms with Crippen molar-refractivity contribution in [3.63, 3.8) is 0 Å². The smallest absolute Gasteiger partial charge is 0.305 e. The summed E-state index contributed by atoms with van der Waals surface area (Å²) in [6, 6.07) is 0. The maximum atomic E-state index is 12.6. The van der Waals surface area contributed by atoms with Gasteiger partial charge in [-0.2, -0.15) is 0 Å². The van der Waals surface area contributed by atoms with Crippen molar-refractivity contribution in [3.05, 3.63) is 0 Å². The maximum Gasteiger partial charge on any atom is 0.305 e. The Morgan fingerprint density at radius 3 is 0.687 bits per heavy atom. The van der Waals surface area contributed by atoms with E-state index in [2.05, 4.69) is 96.9 Å². The molecule has 131 heavy (non-hydrogen) atoms. The van der Waals surface area contributed by atoms with Crippen LogP contribution in [0.25, 0.3) is 0 Å². The molecule has 0 heterocycles. The van der Waals surface area contributed by atoms with E-state index in [9.17, 15) is 54.3 Å². The van der Waals surface area contributed by atoms with Gasteiger partial charge in [0.25, 0.3) is 0 Å². The number of esters is 1. The van der Waals surface area contributed by atoms with Crippen molar-refractivity contribution in [3.8, 4) is 0 Å². The number of hydrogen-bond acceptors (Lipinski definition) is 12. The van der Waals surface area contributed by atoms with Crippen LogP contribution in [0.3, 0.4) is 0 Å². The lowest BCUT2D eigenvalue weighted by Gasteiger charge is -2.63. The van der Waals surface area contributed by atoms with Crippen molar-refractivity contribution in [1.82, 2.24) is 0 Å². The first-order chi connectivity index (χ1) is 61.6. The highest BCUT2D eigenvalue weighted by molar-refractivity contribution is 5.82. The molecule has 0 aromatic rings. The second-order valence-corrected chi connectivity index (χ2v) is 54.9. The molecule has 0 radical (unpaired) electrons. The van der Waals surface area contributed by atoms with Gasteiger partial charge in [0.15, 0.2) is 0 Å². The van der Waals surface area contributed by atoms with Gasteiger partial charge < -0.3 is 30.3 Å². The second kappa shape index (κ2) is 37.2. The van der Waals surface area contributed by atoms with Gasteiger partial charge in [0, 0.05) is 47.8 Å². The fraction of sp³-hybridized carbons (Fsp3) is 0.950. The summed E-state index contributed by atoms with van der Waals surface area (Å²) in [4.78, 5) is 74.1. The number of carbonyl (C=O) groups is 6. The minimum Gasteiger partial charge on any atom is -0.465 e. The first kappa shape index (κ1) is 102. The van der Waals surface area contributed by atoms with Gasteiger partial charge in [-0.05, 0) is 550 Å². The van der Waals surface area contributed by atoms with Crippen molar-refractivity contribution >= 4 is 34.9 Å². The number of ether oxygens (including phenoxy) is 1. The van der Waals surface area contributed by atoms with Crippen LogP contribution in [0.4, 0.5) is 0 Å². The molecule has 40 atom stereocenters. The Hall–Kier alpha value is -2.38. The molecule has 20 saturated carbocycles. The minimum absolute atomic E-state index is 0.0181. The molecular weight excluding hydrogens is 1620 g/mol. The Labute approximate surface area is 798 Å². The number of aliphatic hydroxyl groups is 5. The zero-order valence-electron chi connectivity index (χ0n) is 87.5. The fourth-order valence-electron chi connectivity index (χ4n) is 43.2. The van der Waals surface area contributed by atoms with Crippen LogP contribution in [0.5, 0.6) is 0 Å². The van der Waals surface area contributed by atoms with Crippen LogP contribution in [0.2, 0.25) is 0 Å². The SMILES string of the molecule is CCC(=O)[C@H]1CC[C@H]2[C@@H]3CC[C@H]4C[C@](C)(O)CC[C@]4(CC)[C@H]3CC[C@]12C.CCCC(=O)OC[C@]12CC[C@@](C)(O)C[C@@H]1CC[C@H]1[C@@H]3CC[C@H](C(C)=O)[C@@]3(C)CC[C@@H]12.CC[C@]12CC[C@@](C)(O)C[C@@H]1CC[C@H]1[C@@H]3CC[C@H](C(C)=O)[C@@]3(C)CC[C@@H]12.CC[C@]12CC[C@@](C)(O)C[C@@H]1CC[C@H]1[C@@H]3CC[C@H](C(C)=O)[C@@]3(C)CC[C@@H]12.CC[C@]12CC[C@@](C)(O)C[C@@H]1CC[C@H]1[C@@H]3CC[C@H](C(C)=O)[C@@]3(C)CC[C@@H]12. The first-order valence-corrected chi connectivity index (χ1v) is 56.9. The van der Waals surface area contributed by atoms with Crippen molar-refractivity contribution in [1.29, 1.82) is 0 Å². The molecule has 12 heteroatoms. The summed E-state index contributed by atoms with van der Waals surface area (Å²) in [5, 5.41) is 53.5. The minimum atomic E-state index is -0.593. The quantitative estimate of drug-likeness (QED) is 0.103. The summed E-state index contributed by atoms with van der Waals surface area (Å²) in [6.45, 7) is 44.0. The van der Waals surface area contributed by atoms with Gasteiger partial charge in [-0.15, -0.1) is 0 Å². The third-order valence-electron chi connectivity index (χ3n) is 49.6. The predicted molar refractivity (Wildman–Crippen MR) is 526 cm³/mol. The van der Waals surface area contributed by atoms with E-state index in [4.69, 9.17) is 4.74 Å². The Balaban J connectivity index is 0.000000120. The second-order valence-electron chi connectivity index (χ2n) is 54.9. The van der Waals surface area contributed by atoms with Gasteiger partial charge in [0.1, 0.15) is 28.9 Å². The molecule has 0 aromatic heterocycles. The Morgan fingerprint density at radius 1 is 0.252 bits per heavy atom. The van der Waals surface area contributed by atoms with E-state index in [0.29, 0.717) is 111 Å². The molecule has 12 nitrogen and oxygen atoms in total. The number of hydrogen-bond donors (Lipinski definition) is 5. The van der Waals surface area contributed by atoms with E-state index in [1.165, 1.54) is 193 Å². The third-order valence-corrected chi connectivity index (χ3v) is 49.6. The topological polar surface area (TPSA) is 213 Å². The zero-order chi connectivity index (χ0) is 94.6. The highest BCUT2D eigenvalue weighted by Crippen LogP contribution is 2.76. The van der Waals surface area contributed by atoms with Gasteiger partial charge >= 0.3 is 5.97 Å². The molecule has 20 aliphatic carbocycles. The van der Waals surface area contributed by atoms with E-state index in [-0.39, 0.29) is 44.4 Å². The van der Waals surface area contributed by atoms with Gasteiger partial charge in [-0.25, -0.2) is 0 Å².